The molecule has 1 saturated heterocycles. The second-order valence-electron chi connectivity index (χ2n) is 9.37. The fourth-order valence-electron chi connectivity index (χ4n) is 5.87. The van der Waals surface area contributed by atoms with Gasteiger partial charge in [0.05, 0.1) is 10.8 Å². The Bertz CT molecular complexity index is 929. The molecule has 0 aromatic heterocycles. The van der Waals surface area contributed by atoms with Crippen LogP contribution in [-0.4, -0.2) is 4.21 Å². The predicted molar refractivity (Wildman–Crippen MR) is 109 cm³/mol. The van der Waals surface area contributed by atoms with Crippen LogP contribution in [0.25, 0.3) is 11.1 Å². The van der Waals surface area contributed by atoms with Crippen LogP contribution in [0.4, 0.5) is 0 Å². The zero-order valence-electron chi connectivity index (χ0n) is 16.1. The van der Waals surface area contributed by atoms with Gasteiger partial charge in [0.2, 0.25) is 0 Å². The molecule has 2 aromatic carbocycles. The number of allylic oxidation sites excluding steroid dienone is 1. The van der Waals surface area contributed by atoms with Crippen LogP contribution in [0, 0.1) is 10.8 Å². The molecule has 1 nitrogen and oxygen atoms in total. The van der Waals surface area contributed by atoms with Gasteiger partial charge in [0.25, 0.3) is 0 Å². The molecule has 2 fully saturated rings. The van der Waals surface area contributed by atoms with Crippen LogP contribution in [0.3, 0.4) is 0 Å². The summed E-state index contributed by atoms with van der Waals surface area (Å²) in [5, 5.41) is 0. The van der Waals surface area contributed by atoms with Gasteiger partial charge >= 0.3 is 0 Å². The van der Waals surface area contributed by atoms with Crippen LogP contribution in [-0.2, 0) is 15.5 Å². The lowest BCUT2D eigenvalue weighted by atomic mass is 9.60. The van der Waals surface area contributed by atoms with Gasteiger partial charge in [-0.3, -0.25) is 4.21 Å². The van der Waals surface area contributed by atoms with Gasteiger partial charge in [0.1, 0.15) is 4.75 Å². The Hall–Kier alpha value is -1.67. The van der Waals surface area contributed by atoms with Gasteiger partial charge in [-0.2, -0.15) is 0 Å². The maximum atomic E-state index is 13.7. The van der Waals surface area contributed by atoms with E-state index < -0.39 is 15.5 Å². The average Bonchev–Trinajstić information content (AvgIpc) is 3.05. The lowest BCUT2D eigenvalue weighted by Gasteiger charge is -2.44. The van der Waals surface area contributed by atoms with E-state index in [-0.39, 0.29) is 10.8 Å². The molecule has 1 heterocycles. The topological polar surface area (TPSA) is 17.1 Å². The summed E-state index contributed by atoms with van der Waals surface area (Å²) in [5.74, 6) is 0. The molecule has 3 aliphatic rings. The molecule has 1 spiro atoms. The highest BCUT2D eigenvalue weighted by atomic mass is 32.2. The van der Waals surface area contributed by atoms with Crippen LogP contribution in [0.2, 0.25) is 0 Å². The molecule has 2 heteroatoms. The van der Waals surface area contributed by atoms with Crippen LogP contribution in [0.5, 0.6) is 0 Å². The van der Waals surface area contributed by atoms with Crippen LogP contribution in [0.1, 0.15) is 58.1 Å². The monoisotopic (exact) mass is 362 g/mol. The molecule has 1 aliphatic heterocycles. The highest BCUT2D eigenvalue weighted by Crippen LogP contribution is 2.70. The van der Waals surface area contributed by atoms with Crippen LogP contribution in [0.15, 0.2) is 59.0 Å². The summed E-state index contributed by atoms with van der Waals surface area (Å²) in [7, 11) is -0.967. The first-order valence-corrected chi connectivity index (χ1v) is 10.8. The molecule has 2 aromatic rings. The molecule has 5 rings (SSSR count). The van der Waals surface area contributed by atoms with Gasteiger partial charge in [-0.1, -0.05) is 82.6 Å². The Morgan fingerprint density at radius 1 is 0.769 bits per heavy atom. The molecule has 26 heavy (non-hydrogen) atoms. The normalized spacial score (nSPS) is 26.5. The molecule has 1 unspecified atom stereocenters. The summed E-state index contributed by atoms with van der Waals surface area (Å²) >= 11 is 0. The summed E-state index contributed by atoms with van der Waals surface area (Å²) in [5.41, 5.74) is 6.71. The maximum absolute atomic E-state index is 13.7. The SMILES string of the molecule is CC1(C)CCCC(C)(C)C1=C1S(=O)C12c1ccccc1-c1ccccc12. The average molecular weight is 363 g/mol. The Morgan fingerprint density at radius 3 is 1.73 bits per heavy atom. The molecule has 0 radical (unpaired) electrons. The smallest absolute Gasteiger partial charge is 0.134 e. The Balaban J connectivity index is 1.86. The van der Waals surface area contributed by atoms with Crippen LogP contribution >= 0.6 is 0 Å². The highest BCUT2D eigenvalue weighted by molar-refractivity contribution is 7.99. The van der Waals surface area contributed by atoms with E-state index in [9.17, 15) is 4.21 Å². The second kappa shape index (κ2) is 4.98. The first-order valence-electron chi connectivity index (χ1n) is 9.69. The molecule has 0 bridgehead atoms. The van der Waals surface area contributed by atoms with Gasteiger partial charge in [-0.15, -0.1) is 0 Å². The van der Waals surface area contributed by atoms with Gasteiger partial charge in [0.15, 0.2) is 0 Å². The standard InChI is InChI=1S/C24H26OS/c1-22(2)14-9-15-23(3,4)20(22)21-24(26(21)25)18-12-7-5-10-16(18)17-11-6-8-13-19(17)24/h5-8,10-13H,9,14-15H2,1-4H3. The van der Waals surface area contributed by atoms with Crippen molar-refractivity contribution in [1.82, 2.24) is 0 Å². The first kappa shape index (κ1) is 16.5. The second-order valence-corrected chi connectivity index (χ2v) is 10.9. The third kappa shape index (κ3) is 1.84. The number of benzene rings is 2. The van der Waals surface area contributed by atoms with Crippen molar-refractivity contribution in [3.8, 4) is 11.1 Å². The fraction of sp³-hybridized carbons (Fsp3) is 0.417. The minimum Gasteiger partial charge on any atom is -0.253 e. The lowest BCUT2D eigenvalue weighted by Crippen LogP contribution is -2.33. The molecule has 1 atom stereocenters. The Labute approximate surface area is 159 Å². The van der Waals surface area contributed by atoms with E-state index >= 15 is 0 Å². The molecule has 0 N–H and O–H groups in total. The van der Waals surface area contributed by atoms with Gasteiger partial charge in [-0.25, -0.2) is 0 Å². The number of fused-ring (bicyclic) bond motifs is 5. The van der Waals surface area contributed by atoms with E-state index in [0.717, 1.165) is 0 Å². The third-order valence-corrected chi connectivity index (χ3v) is 8.71. The molecule has 134 valence electrons. The summed E-state index contributed by atoms with van der Waals surface area (Å²) in [4.78, 5) is 1.21. The number of hydrogen-bond donors (Lipinski definition) is 0. The zero-order valence-corrected chi connectivity index (χ0v) is 16.9. The van der Waals surface area contributed by atoms with Crippen molar-refractivity contribution in [3.05, 3.63) is 70.1 Å². The van der Waals surface area contributed by atoms with Crippen LogP contribution < -0.4 is 0 Å². The van der Waals surface area contributed by atoms with Gasteiger partial charge < -0.3 is 0 Å². The van der Waals surface area contributed by atoms with E-state index in [1.54, 1.807) is 0 Å². The summed E-state index contributed by atoms with van der Waals surface area (Å²) < 4.78 is 13.3. The summed E-state index contributed by atoms with van der Waals surface area (Å²) in [6.07, 6.45) is 3.63. The van der Waals surface area contributed by atoms with Crippen molar-refractivity contribution in [2.24, 2.45) is 10.8 Å². The maximum Gasteiger partial charge on any atom is 0.134 e. The highest BCUT2D eigenvalue weighted by Gasteiger charge is 2.68. The summed E-state index contributed by atoms with van der Waals surface area (Å²) in [6, 6.07) is 17.2. The largest absolute Gasteiger partial charge is 0.253 e. The number of hydrogen-bond acceptors (Lipinski definition) is 1. The first-order chi connectivity index (χ1) is 12.3. The van der Waals surface area contributed by atoms with Crippen molar-refractivity contribution in [2.75, 3.05) is 0 Å². The van der Waals surface area contributed by atoms with E-state index in [1.165, 1.54) is 52.0 Å². The third-order valence-electron chi connectivity index (χ3n) is 6.83. The number of rotatable bonds is 0. The molecule has 0 amide bonds. The minimum absolute atomic E-state index is 0.114. The molecule has 2 aliphatic carbocycles. The van der Waals surface area contributed by atoms with Crippen molar-refractivity contribution in [2.45, 2.75) is 51.7 Å². The van der Waals surface area contributed by atoms with Crippen molar-refractivity contribution in [3.63, 3.8) is 0 Å². The Morgan fingerprint density at radius 2 is 1.23 bits per heavy atom. The fourth-order valence-corrected chi connectivity index (χ4v) is 8.20. The van der Waals surface area contributed by atoms with Crippen molar-refractivity contribution < 1.29 is 4.21 Å². The lowest BCUT2D eigenvalue weighted by molar-refractivity contribution is 0.214. The molecule has 1 saturated carbocycles. The van der Waals surface area contributed by atoms with E-state index in [4.69, 9.17) is 0 Å². The van der Waals surface area contributed by atoms with Crippen molar-refractivity contribution in [1.29, 1.82) is 0 Å². The molecular weight excluding hydrogens is 336 g/mol. The Kier molecular flexibility index (Phi) is 3.16. The van der Waals surface area contributed by atoms with E-state index in [2.05, 4.69) is 76.2 Å². The summed E-state index contributed by atoms with van der Waals surface area (Å²) in [6.45, 7) is 9.41. The van der Waals surface area contributed by atoms with E-state index in [1.807, 2.05) is 0 Å². The van der Waals surface area contributed by atoms with Gasteiger partial charge in [0, 0.05) is 4.91 Å². The van der Waals surface area contributed by atoms with E-state index in [0.29, 0.717) is 0 Å². The van der Waals surface area contributed by atoms with Gasteiger partial charge in [-0.05, 0) is 51.5 Å². The predicted octanol–water partition coefficient (Wildman–Crippen LogP) is 6.16. The quantitative estimate of drug-likeness (QED) is 0.513. The zero-order chi connectivity index (χ0) is 18.3. The van der Waals surface area contributed by atoms with Crippen molar-refractivity contribution >= 4 is 10.8 Å². The minimum atomic E-state index is -0.967. The molecular formula is C24H26OS.